The molecule has 2 amide bonds. The van der Waals surface area contributed by atoms with Crippen LogP contribution in [0.1, 0.15) is 15.9 Å². The maximum atomic E-state index is 13.7. The van der Waals surface area contributed by atoms with Gasteiger partial charge in [0.15, 0.2) is 0 Å². The summed E-state index contributed by atoms with van der Waals surface area (Å²) in [6.45, 7) is -0.643. The number of ether oxygens (including phenoxy) is 1. The van der Waals surface area contributed by atoms with Crippen molar-refractivity contribution in [2.24, 2.45) is 0 Å². The summed E-state index contributed by atoms with van der Waals surface area (Å²) in [5.74, 6) is -1.14. The number of anilines is 1. The van der Waals surface area contributed by atoms with Gasteiger partial charge in [0, 0.05) is 12.2 Å². The maximum absolute atomic E-state index is 13.7. The minimum Gasteiger partial charge on any atom is -0.497 e. The Kier molecular flexibility index (Phi) is 7.53. The average Bonchev–Trinajstić information content (AvgIpc) is 3.07. The zero-order chi connectivity index (χ0) is 26.0. The van der Waals surface area contributed by atoms with Crippen molar-refractivity contribution in [1.29, 1.82) is 0 Å². The number of rotatable bonds is 5. The molecule has 0 aromatic heterocycles. The van der Waals surface area contributed by atoms with E-state index in [1.165, 1.54) is 53.9 Å². The van der Waals surface area contributed by atoms with Gasteiger partial charge in [0.1, 0.15) is 11.8 Å². The molecule has 0 aliphatic carbocycles. The van der Waals surface area contributed by atoms with Crippen molar-refractivity contribution in [2.45, 2.75) is 17.5 Å². The second-order valence-corrected chi connectivity index (χ2v) is 10.5. The van der Waals surface area contributed by atoms with E-state index in [2.05, 4.69) is 0 Å². The van der Waals surface area contributed by atoms with E-state index in [4.69, 9.17) is 27.9 Å². The minimum atomic E-state index is -4.27. The zero-order valence-electron chi connectivity index (χ0n) is 18.9. The normalized spacial score (nSPS) is 16.1. The fraction of sp³-hybridized carbons (Fsp3) is 0.167. The molecular weight excluding hydrogens is 529 g/mol. The Morgan fingerprint density at radius 3 is 2.39 bits per heavy atom. The van der Waals surface area contributed by atoms with Gasteiger partial charge < -0.3 is 9.64 Å². The fourth-order valence-electron chi connectivity index (χ4n) is 3.98. The van der Waals surface area contributed by atoms with Crippen LogP contribution < -0.4 is 15.1 Å². The molecule has 2 N–H and O–H groups in total. The largest absolute Gasteiger partial charge is 0.497 e. The van der Waals surface area contributed by atoms with E-state index < -0.39 is 34.4 Å². The Morgan fingerprint density at radius 2 is 1.72 bits per heavy atom. The van der Waals surface area contributed by atoms with E-state index in [0.717, 1.165) is 4.31 Å². The van der Waals surface area contributed by atoms with Crippen LogP contribution in [-0.4, -0.2) is 49.4 Å². The highest BCUT2D eigenvalue weighted by atomic mass is 35.5. The fourth-order valence-corrected chi connectivity index (χ4v) is 5.92. The van der Waals surface area contributed by atoms with Crippen molar-refractivity contribution in [3.63, 3.8) is 0 Å². The number of hydrogen-bond donors (Lipinski definition) is 2. The molecule has 1 aliphatic heterocycles. The first-order chi connectivity index (χ1) is 17.2. The molecule has 9 nitrogen and oxygen atoms in total. The van der Waals surface area contributed by atoms with Crippen molar-refractivity contribution in [3.05, 3.63) is 87.9 Å². The van der Waals surface area contributed by atoms with Gasteiger partial charge in [-0.25, -0.2) is 13.9 Å². The molecule has 1 atom stereocenters. The number of methoxy groups -OCH3 is 1. The summed E-state index contributed by atoms with van der Waals surface area (Å²) in [5, 5.41) is 9.65. The number of amides is 2. The van der Waals surface area contributed by atoms with Gasteiger partial charge in [-0.05, 0) is 48.0 Å². The van der Waals surface area contributed by atoms with Gasteiger partial charge in [-0.15, -0.1) is 0 Å². The van der Waals surface area contributed by atoms with Gasteiger partial charge in [-0.3, -0.25) is 14.8 Å². The van der Waals surface area contributed by atoms with Crippen LogP contribution in [0.2, 0.25) is 10.0 Å². The Morgan fingerprint density at radius 1 is 1.03 bits per heavy atom. The first kappa shape index (κ1) is 25.9. The molecule has 3 aromatic rings. The highest BCUT2D eigenvalue weighted by molar-refractivity contribution is 7.89. The van der Waals surface area contributed by atoms with Crippen molar-refractivity contribution in [2.75, 3.05) is 18.6 Å². The summed E-state index contributed by atoms with van der Waals surface area (Å²) in [5.41, 5.74) is 2.47. The molecule has 3 aromatic carbocycles. The van der Waals surface area contributed by atoms with E-state index in [1.807, 2.05) is 0 Å². The molecular formula is C24H21Cl2N3O6S. The number of para-hydroxylation sites is 1. The Labute approximate surface area is 217 Å². The number of nitrogens with zero attached hydrogens (tertiary/aromatic N) is 2. The molecule has 4 rings (SSSR count). The second-order valence-electron chi connectivity index (χ2n) is 7.86. The van der Waals surface area contributed by atoms with Gasteiger partial charge in [0.2, 0.25) is 10.0 Å². The molecule has 1 heterocycles. The maximum Gasteiger partial charge on any atom is 0.263 e. The summed E-state index contributed by atoms with van der Waals surface area (Å²) >= 11 is 12.4. The quantitative estimate of drug-likeness (QED) is 0.370. The predicted octanol–water partition coefficient (Wildman–Crippen LogP) is 3.73. The number of fused-ring (bicyclic) bond motifs is 1. The number of benzene rings is 3. The first-order valence-corrected chi connectivity index (χ1v) is 12.8. The van der Waals surface area contributed by atoms with Gasteiger partial charge in [-0.1, -0.05) is 47.5 Å². The van der Waals surface area contributed by atoms with Crippen LogP contribution in [0.4, 0.5) is 5.69 Å². The number of hydroxylamine groups is 1. The lowest BCUT2D eigenvalue weighted by Gasteiger charge is -2.29. The Bertz CT molecular complexity index is 1420. The van der Waals surface area contributed by atoms with Gasteiger partial charge in [0.25, 0.3) is 11.8 Å². The molecule has 0 bridgehead atoms. The lowest BCUT2D eigenvalue weighted by Crippen LogP contribution is -2.53. The van der Waals surface area contributed by atoms with Crippen LogP contribution in [0.3, 0.4) is 0 Å². The molecule has 0 saturated heterocycles. The monoisotopic (exact) mass is 549 g/mol. The first-order valence-electron chi connectivity index (χ1n) is 10.6. The zero-order valence-corrected chi connectivity index (χ0v) is 21.2. The van der Waals surface area contributed by atoms with Crippen LogP contribution in [0, 0.1) is 0 Å². The van der Waals surface area contributed by atoms with Crippen molar-refractivity contribution >= 4 is 50.7 Å². The van der Waals surface area contributed by atoms with Gasteiger partial charge in [0.05, 0.1) is 34.2 Å². The highest BCUT2D eigenvalue weighted by Crippen LogP contribution is 2.34. The summed E-state index contributed by atoms with van der Waals surface area (Å²) in [6, 6.07) is 15.5. The molecule has 1 unspecified atom stereocenters. The third-order valence-electron chi connectivity index (χ3n) is 5.82. The van der Waals surface area contributed by atoms with Crippen LogP contribution in [0.15, 0.2) is 71.6 Å². The predicted molar refractivity (Wildman–Crippen MR) is 134 cm³/mol. The molecule has 0 spiro atoms. The van der Waals surface area contributed by atoms with Crippen LogP contribution in [0.25, 0.3) is 0 Å². The van der Waals surface area contributed by atoms with Crippen molar-refractivity contribution in [3.8, 4) is 5.75 Å². The second kappa shape index (κ2) is 10.5. The molecule has 0 saturated carbocycles. The van der Waals surface area contributed by atoms with E-state index in [0.29, 0.717) is 17.0 Å². The summed E-state index contributed by atoms with van der Waals surface area (Å²) in [7, 11) is -2.81. The smallest absolute Gasteiger partial charge is 0.263 e. The molecule has 12 heteroatoms. The van der Waals surface area contributed by atoms with Crippen molar-refractivity contribution in [1.82, 2.24) is 9.79 Å². The third kappa shape index (κ3) is 4.78. The van der Waals surface area contributed by atoms with Gasteiger partial charge in [-0.2, -0.15) is 4.31 Å². The van der Waals surface area contributed by atoms with Crippen LogP contribution >= 0.6 is 23.2 Å². The number of sulfonamides is 1. The number of halogens is 2. The summed E-state index contributed by atoms with van der Waals surface area (Å²) < 4.78 is 33.5. The van der Waals surface area contributed by atoms with Crippen LogP contribution in [-0.2, 0) is 21.4 Å². The van der Waals surface area contributed by atoms with E-state index in [-0.39, 0.29) is 27.0 Å². The molecule has 1 aliphatic rings. The van der Waals surface area contributed by atoms with Gasteiger partial charge >= 0.3 is 0 Å². The highest BCUT2D eigenvalue weighted by Gasteiger charge is 2.42. The third-order valence-corrected chi connectivity index (χ3v) is 8.51. The lowest BCUT2D eigenvalue weighted by molar-refractivity contribution is -0.133. The SMILES string of the molecule is COc1ccc(S(=O)(=O)N2Cc3ccccc3N(C(=O)c3cccc(Cl)c3Cl)CC2C(=O)NO)cc1. The standard InChI is InChI=1S/C24H21Cl2N3O6S/c1-35-16-9-11-17(12-10-16)36(33,34)29-13-15-5-2-3-8-20(15)28(14-21(29)23(30)27-32)24(31)18-6-4-7-19(25)22(18)26/h2-12,21,32H,13-14H2,1H3,(H,27,30). The topological polar surface area (TPSA) is 116 Å². The summed E-state index contributed by atoms with van der Waals surface area (Å²) in [6.07, 6.45) is 0. The lowest BCUT2D eigenvalue weighted by atomic mass is 10.1. The molecule has 0 fully saturated rings. The number of carbonyl (C=O) groups excluding carboxylic acids is 2. The van der Waals surface area contributed by atoms with E-state index in [9.17, 15) is 23.2 Å². The minimum absolute atomic E-state index is 0.0248. The molecule has 36 heavy (non-hydrogen) atoms. The Balaban J connectivity index is 1.85. The van der Waals surface area contributed by atoms with E-state index >= 15 is 0 Å². The van der Waals surface area contributed by atoms with Crippen LogP contribution in [0.5, 0.6) is 5.75 Å². The average molecular weight is 550 g/mol. The summed E-state index contributed by atoms with van der Waals surface area (Å²) in [4.78, 5) is 27.6. The Hall–Kier alpha value is -3.15. The molecule has 188 valence electrons. The molecule has 0 radical (unpaired) electrons. The number of nitrogens with one attached hydrogen (secondary N) is 1. The number of hydrogen-bond acceptors (Lipinski definition) is 6. The number of carbonyl (C=O) groups is 2. The van der Waals surface area contributed by atoms with Crippen molar-refractivity contribution < 1.29 is 28.0 Å². The van der Waals surface area contributed by atoms with E-state index in [1.54, 1.807) is 30.3 Å².